The number of nitrogens with zero attached hydrogens (tertiary/aromatic N) is 1. The molecule has 0 aromatic heterocycles. The number of aliphatic hydroxyl groups is 1. The number of hydrogen-bond donors (Lipinski definition) is 4. The first kappa shape index (κ1) is 27.8. The van der Waals surface area contributed by atoms with Gasteiger partial charge in [-0.05, 0) is 37.1 Å². The Morgan fingerprint density at radius 1 is 0.848 bits per heavy atom. The fourth-order valence-corrected chi connectivity index (χ4v) is 3.60. The number of likely N-dealkylation sites (tertiary alicyclic amines) is 1. The third-order valence-corrected chi connectivity index (χ3v) is 5.36. The number of carboxylic acid groups (broad SMARTS) is 3. The minimum Gasteiger partial charge on any atom is -0.481 e. The van der Waals surface area contributed by atoms with E-state index in [4.69, 9.17) is 24.9 Å². The molecule has 8 nitrogen and oxygen atoms in total. The molecule has 1 atom stereocenters. The molecule has 8 heteroatoms. The van der Waals surface area contributed by atoms with E-state index in [-0.39, 0.29) is 12.3 Å². The number of carboxylic acids is 3. The van der Waals surface area contributed by atoms with E-state index in [0.717, 1.165) is 30.8 Å². The van der Waals surface area contributed by atoms with Crippen molar-refractivity contribution in [1.29, 1.82) is 0 Å². The largest absolute Gasteiger partial charge is 0.481 e. The lowest BCUT2D eigenvalue weighted by atomic mass is 9.76. The summed E-state index contributed by atoms with van der Waals surface area (Å²) in [5, 5.41) is 34.2. The molecule has 2 aromatic rings. The van der Waals surface area contributed by atoms with Gasteiger partial charge in [0.05, 0.1) is 0 Å². The predicted octanol–water partition coefficient (Wildman–Crippen LogP) is 3.29. The van der Waals surface area contributed by atoms with E-state index in [1.165, 1.54) is 12.8 Å². The zero-order chi connectivity index (χ0) is 24.9. The van der Waals surface area contributed by atoms with E-state index >= 15 is 0 Å². The lowest BCUT2D eigenvalue weighted by Crippen LogP contribution is -2.41. The van der Waals surface area contributed by atoms with Crippen LogP contribution in [0.25, 0.3) is 0 Å². The molecule has 1 aliphatic heterocycles. The van der Waals surface area contributed by atoms with Gasteiger partial charge in [0.25, 0.3) is 0 Å². The molecule has 0 amide bonds. The van der Waals surface area contributed by atoms with E-state index in [0.29, 0.717) is 0 Å². The SMILES string of the molecule is CC(CN1CCCC1)C(O)(c1ccccc1)c1ccccc1.CCC(=O)O.O=C(O)C(=O)O. The van der Waals surface area contributed by atoms with Crippen LogP contribution in [0.3, 0.4) is 0 Å². The van der Waals surface area contributed by atoms with Gasteiger partial charge in [-0.15, -0.1) is 0 Å². The van der Waals surface area contributed by atoms with Crippen LogP contribution < -0.4 is 0 Å². The van der Waals surface area contributed by atoms with Crippen LogP contribution in [0.2, 0.25) is 0 Å². The Morgan fingerprint density at radius 2 is 1.21 bits per heavy atom. The Hall–Kier alpha value is -3.23. The highest BCUT2D eigenvalue weighted by molar-refractivity contribution is 6.27. The first-order valence-electron chi connectivity index (χ1n) is 10.9. The lowest BCUT2D eigenvalue weighted by Gasteiger charge is -2.37. The molecule has 2 aromatic carbocycles. The second kappa shape index (κ2) is 14.0. The summed E-state index contributed by atoms with van der Waals surface area (Å²) in [6, 6.07) is 20.2. The van der Waals surface area contributed by atoms with Gasteiger partial charge in [-0.25, -0.2) is 9.59 Å². The van der Waals surface area contributed by atoms with Crippen molar-refractivity contribution in [3.63, 3.8) is 0 Å². The van der Waals surface area contributed by atoms with Gasteiger partial charge >= 0.3 is 17.9 Å². The van der Waals surface area contributed by atoms with E-state index in [1.807, 2.05) is 60.7 Å². The van der Waals surface area contributed by atoms with Crippen molar-refractivity contribution in [2.24, 2.45) is 5.92 Å². The Kier molecular flexibility index (Phi) is 11.8. The molecule has 3 rings (SSSR count). The predicted molar refractivity (Wildman–Crippen MR) is 124 cm³/mol. The van der Waals surface area contributed by atoms with Crippen LogP contribution in [-0.4, -0.2) is 62.9 Å². The number of hydrogen-bond acceptors (Lipinski definition) is 5. The minimum atomic E-state index is -1.82. The zero-order valence-corrected chi connectivity index (χ0v) is 19.1. The summed E-state index contributed by atoms with van der Waals surface area (Å²) in [4.78, 5) is 30.0. The average molecular weight is 460 g/mol. The Morgan fingerprint density at radius 3 is 1.52 bits per heavy atom. The second-order valence-corrected chi connectivity index (χ2v) is 7.76. The van der Waals surface area contributed by atoms with Crippen LogP contribution in [0.1, 0.15) is 44.2 Å². The van der Waals surface area contributed by atoms with Crippen molar-refractivity contribution in [2.75, 3.05) is 19.6 Å². The molecular formula is C25H33NO7. The molecule has 1 fully saturated rings. The maximum absolute atomic E-state index is 11.7. The molecule has 33 heavy (non-hydrogen) atoms. The monoisotopic (exact) mass is 459 g/mol. The van der Waals surface area contributed by atoms with Crippen LogP contribution in [0.5, 0.6) is 0 Å². The van der Waals surface area contributed by atoms with Gasteiger partial charge in [-0.2, -0.15) is 0 Å². The number of carbonyl (C=O) groups is 3. The van der Waals surface area contributed by atoms with Crippen molar-refractivity contribution in [1.82, 2.24) is 4.90 Å². The molecule has 0 bridgehead atoms. The third kappa shape index (κ3) is 9.03. The van der Waals surface area contributed by atoms with Crippen LogP contribution in [0.15, 0.2) is 60.7 Å². The van der Waals surface area contributed by atoms with E-state index in [2.05, 4.69) is 11.8 Å². The van der Waals surface area contributed by atoms with Crippen LogP contribution in [0.4, 0.5) is 0 Å². The van der Waals surface area contributed by atoms with Crippen molar-refractivity contribution < 1.29 is 34.8 Å². The zero-order valence-electron chi connectivity index (χ0n) is 19.1. The van der Waals surface area contributed by atoms with Gasteiger partial charge in [-0.1, -0.05) is 74.5 Å². The highest BCUT2D eigenvalue weighted by Gasteiger charge is 2.38. The topological polar surface area (TPSA) is 135 Å². The molecule has 0 saturated carbocycles. The van der Waals surface area contributed by atoms with Crippen LogP contribution >= 0.6 is 0 Å². The summed E-state index contributed by atoms with van der Waals surface area (Å²) in [5.41, 5.74) is 1.02. The van der Waals surface area contributed by atoms with Crippen molar-refractivity contribution in [2.45, 2.75) is 38.7 Å². The van der Waals surface area contributed by atoms with E-state index < -0.39 is 23.5 Å². The molecule has 180 valence electrons. The second-order valence-electron chi connectivity index (χ2n) is 7.76. The smallest absolute Gasteiger partial charge is 0.414 e. The number of rotatable bonds is 6. The molecular weight excluding hydrogens is 426 g/mol. The summed E-state index contributed by atoms with van der Waals surface area (Å²) in [6.45, 7) is 7.01. The Bertz CT molecular complexity index is 813. The molecule has 0 aliphatic carbocycles. The average Bonchev–Trinajstić information content (AvgIpc) is 3.33. The highest BCUT2D eigenvalue weighted by atomic mass is 16.4. The maximum atomic E-state index is 11.7. The minimum absolute atomic E-state index is 0.135. The number of benzene rings is 2. The molecule has 1 unspecified atom stereocenters. The van der Waals surface area contributed by atoms with E-state index in [9.17, 15) is 9.90 Å². The van der Waals surface area contributed by atoms with Crippen LogP contribution in [0, 0.1) is 5.92 Å². The van der Waals surface area contributed by atoms with Gasteiger partial charge in [0.1, 0.15) is 5.60 Å². The van der Waals surface area contributed by atoms with E-state index in [1.54, 1.807) is 6.92 Å². The van der Waals surface area contributed by atoms with Gasteiger partial charge < -0.3 is 25.3 Å². The standard InChI is InChI=1S/C20H25NO.C3H6O2.C2H2O4/c1-17(16-21-14-8-9-15-21)20(22,18-10-4-2-5-11-18)19-12-6-3-7-13-19;1-2-3(4)5;3-1(4)2(5)6/h2-7,10-13,17,22H,8-9,14-16H2,1H3;2H2,1H3,(H,4,5);(H,3,4)(H,5,6). The van der Waals surface area contributed by atoms with Gasteiger partial charge in [-0.3, -0.25) is 4.79 Å². The summed E-state index contributed by atoms with van der Waals surface area (Å²) in [5.74, 6) is -4.26. The summed E-state index contributed by atoms with van der Waals surface area (Å²) < 4.78 is 0. The van der Waals surface area contributed by atoms with Gasteiger partial charge in [0.2, 0.25) is 0 Å². The normalized spacial score (nSPS) is 14.2. The van der Waals surface area contributed by atoms with Gasteiger partial charge in [0, 0.05) is 18.9 Å². The fourth-order valence-electron chi connectivity index (χ4n) is 3.60. The van der Waals surface area contributed by atoms with Crippen LogP contribution in [-0.2, 0) is 20.0 Å². The highest BCUT2D eigenvalue weighted by Crippen LogP contribution is 2.37. The van der Waals surface area contributed by atoms with Gasteiger partial charge in [0.15, 0.2) is 0 Å². The molecule has 1 aliphatic rings. The lowest BCUT2D eigenvalue weighted by molar-refractivity contribution is -0.159. The molecule has 1 saturated heterocycles. The first-order valence-corrected chi connectivity index (χ1v) is 10.9. The molecule has 1 heterocycles. The van der Waals surface area contributed by atoms with Crippen molar-refractivity contribution in [3.8, 4) is 0 Å². The summed E-state index contributed by atoms with van der Waals surface area (Å²) in [6.07, 6.45) is 2.78. The fraction of sp³-hybridized carbons (Fsp3) is 0.400. The maximum Gasteiger partial charge on any atom is 0.414 e. The molecule has 0 spiro atoms. The molecule has 0 radical (unpaired) electrons. The Balaban J connectivity index is 0.000000414. The molecule has 4 N–H and O–H groups in total. The van der Waals surface area contributed by atoms with Crippen molar-refractivity contribution >= 4 is 17.9 Å². The first-order chi connectivity index (χ1) is 15.6. The summed E-state index contributed by atoms with van der Waals surface area (Å²) in [7, 11) is 0. The third-order valence-electron chi connectivity index (χ3n) is 5.36. The summed E-state index contributed by atoms with van der Waals surface area (Å²) >= 11 is 0. The number of aliphatic carboxylic acids is 3. The van der Waals surface area contributed by atoms with Crippen molar-refractivity contribution in [3.05, 3.63) is 71.8 Å². The quantitative estimate of drug-likeness (QED) is 0.483. The Labute approximate surface area is 194 Å².